The molecule has 3 aromatic rings. The highest BCUT2D eigenvalue weighted by molar-refractivity contribution is 5.94. The van der Waals surface area contributed by atoms with Gasteiger partial charge in [-0.15, -0.1) is 0 Å². The summed E-state index contributed by atoms with van der Waals surface area (Å²) in [5.41, 5.74) is 2.20. The Balaban J connectivity index is 1.50. The van der Waals surface area contributed by atoms with E-state index >= 15 is 0 Å². The third kappa shape index (κ3) is 4.46. The molecule has 1 amide bonds. The third-order valence-corrected chi connectivity index (χ3v) is 5.08. The minimum absolute atomic E-state index is 0.000982. The molecule has 154 valence electrons. The highest BCUT2D eigenvalue weighted by Crippen LogP contribution is 2.32. The zero-order chi connectivity index (χ0) is 20.8. The lowest BCUT2D eigenvalue weighted by atomic mass is 10.1. The van der Waals surface area contributed by atoms with Gasteiger partial charge in [0.2, 0.25) is 0 Å². The van der Waals surface area contributed by atoms with Crippen molar-refractivity contribution >= 4 is 5.91 Å². The van der Waals surface area contributed by atoms with Gasteiger partial charge in [-0.1, -0.05) is 6.07 Å². The SMILES string of the molecule is COCCOc1ccc(C(=O)N2CCC[C@@H]2c2ccnc(-c3ccccn3)n2)cc1. The van der Waals surface area contributed by atoms with Gasteiger partial charge >= 0.3 is 0 Å². The van der Waals surface area contributed by atoms with Crippen molar-refractivity contribution in [2.45, 2.75) is 18.9 Å². The van der Waals surface area contributed by atoms with Crippen LogP contribution in [0.15, 0.2) is 60.9 Å². The van der Waals surface area contributed by atoms with Crippen LogP contribution in [0.1, 0.15) is 34.9 Å². The van der Waals surface area contributed by atoms with Crippen molar-refractivity contribution in [1.82, 2.24) is 19.9 Å². The predicted octanol–water partition coefficient (Wildman–Crippen LogP) is 3.54. The van der Waals surface area contributed by atoms with E-state index in [1.54, 1.807) is 31.6 Å². The summed E-state index contributed by atoms with van der Waals surface area (Å²) in [5, 5.41) is 0. The van der Waals surface area contributed by atoms with E-state index in [1.807, 2.05) is 41.3 Å². The van der Waals surface area contributed by atoms with Crippen molar-refractivity contribution in [3.05, 3.63) is 72.2 Å². The minimum Gasteiger partial charge on any atom is -0.491 e. The fourth-order valence-corrected chi connectivity index (χ4v) is 3.60. The number of carbonyl (C=O) groups excluding carboxylic acids is 1. The molecule has 1 aliphatic rings. The van der Waals surface area contributed by atoms with E-state index in [-0.39, 0.29) is 11.9 Å². The Morgan fingerprint density at radius 3 is 2.70 bits per heavy atom. The molecule has 1 fully saturated rings. The molecule has 0 N–H and O–H groups in total. The number of carbonyl (C=O) groups is 1. The monoisotopic (exact) mass is 404 g/mol. The molecule has 3 heterocycles. The third-order valence-electron chi connectivity index (χ3n) is 5.08. The summed E-state index contributed by atoms with van der Waals surface area (Å²) in [6, 6.07) is 14.7. The normalized spacial score (nSPS) is 15.9. The van der Waals surface area contributed by atoms with Crippen LogP contribution in [0, 0.1) is 0 Å². The van der Waals surface area contributed by atoms with E-state index in [0.29, 0.717) is 31.1 Å². The second kappa shape index (κ2) is 9.45. The summed E-state index contributed by atoms with van der Waals surface area (Å²) in [4.78, 5) is 28.4. The van der Waals surface area contributed by atoms with E-state index in [2.05, 4.69) is 9.97 Å². The zero-order valence-electron chi connectivity index (χ0n) is 16.9. The fraction of sp³-hybridized carbons (Fsp3) is 0.304. The van der Waals surface area contributed by atoms with Gasteiger partial charge in [-0.25, -0.2) is 9.97 Å². The molecule has 7 nitrogen and oxygen atoms in total. The lowest BCUT2D eigenvalue weighted by molar-refractivity contribution is 0.0733. The number of hydrogen-bond donors (Lipinski definition) is 0. The minimum atomic E-state index is -0.0689. The Morgan fingerprint density at radius 2 is 1.93 bits per heavy atom. The Hall–Kier alpha value is -3.32. The van der Waals surface area contributed by atoms with Gasteiger partial charge in [-0.3, -0.25) is 9.78 Å². The van der Waals surface area contributed by atoms with E-state index in [4.69, 9.17) is 14.5 Å². The van der Waals surface area contributed by atoms with Crippen LogP contribution in [0.2, 0.25) is 0 Å². The largest absolute Gasteiger partial charge is 0.491 e. The van der Waals surface area contributed by atoms with Gasteiger partial charge < -0.3 is 14.4 Å². The maximum absolute atomic E-state index is 13.2. The summed E-state index contributed by atoms with van der Waals surface area (Å²) in [6.45, 7) is 1.71. The molecule has 0 spiro atoms. The second-order valence-electron chi connectivity index (χ2n) is 7.04. The Labute approximate surface area is 175 Å². The number of amides is 1. The van der Waals surface area contributed by atoms with E-state index in [9.17, 15) is 4.79 Å². The Morgan fingerprint density at radius 1 is 1.07 bits per heavy atom. The average Bonchev–Trinajstić information content (AvgIpc) is 3.30. The number of methoxy groups -OCH3 is 1. The van der Waals surface area contributed by atoms with Crippen LogP contribution < -0.4 is 4.74 Å². The van der Waals surface area contributed by atoms with Crippen LogP contribution in [-0.2, 0) is 4.74 Å². The number of likely N-dealkylation sites (tertiary alicyclic amines) is 1. The van der Waals surface area contributed by atoms with Crippen molar-refractivity contribution < 1.29 is 14.3 Å². The molecule has 1 aromatic carbocycles. The van der Waals surface area contributed by atoms with Gasteiger partial charge in [0.1, 0.15) is 18.1 Å². The first-order valence-electron chi connectivity index (χ1n) is 10.0. The number of ether oxygens (including phenoxy) is 2. The second-order valence-corrected chi connectivity index (χ2v) is 7.04. The number of hydrogen-bond acceptors (Lipinski definition) is 6. The lowest BCUT2D eigenvalue weighted by Gasteiger charge is -2.24. The molecule has 7 heteroatoms. The number of benzene rings is 1. The molecular formula is C23H24N4O3. The van der Waals surface area contributed by atoms with Gasteiger partial charge in [-0.05, 0) is 55.3 Å². The van der Waals surface area contributed by atoms with E-state index in [0.717, 1.165) is 30.0 Å². The molecule has 4 rings (SSSR count). The first kappa shape index (κ1) is 20.0. The van der Waals surface area contributed by atoms with Crippen molar-refractivity contribution in [2.75, 3.05) is 26.9 Å². The predicted molar refractivity (Wildman–Crippen MR) is 112 cm³/mol. The number of nitrogens with zero attached hydrogens (tertiary/aromatic N) is 4. The zero-order valence-corrected chi connectivity index (χ0v) is 16.9. The summed E-state index contributed by atoms with van der Waals surface area (Å²) < 4.78 is 10.6. The smallest absolute Gasteiger partial charge is 0.254 e. The molecule has 1 aliphatic heterocycles. The molecule has 1 saturated heterocycles. The highest BCUT2D eigenvalue weighted by atomic mass is 16.5. The maximum atomic E-state index is 13.2. The summed E-state index contributed by atoms with van der Waals surface area (Å²) in [6.07, 6.45) is 5.28. The Kier molecular flexibility index (Phi) is 6.29. The van der Waals surface area contributed by atoms with Crippen LogP contribution in [0.4, 0.5) is 0 Å². The summed E-state index contributed by atoms with van der Waals surface area (Å²) >= 11 is 0. The lowest BCUT2D eigenvalue weighted by Crippen LogP contribution is -2.31. The number of pyridine rings is 1. The van der Waals surface area contributed by atoms with Crippen LogP contribution in [-0.4, -0.2) is 52.6 Å². The molecular weight excluding hydrogens is 380 g/mol. The number of rotatable bonds is 7. The van der Waals surface area contributed by atoms with Crippen LogP contribution in [0.3, 0.4) is 0 Å². The van der Waals surface area contributed by atoms with E-state index in [1.165, 1.54) is 0 Å². The standard InChI is InChI=1S/C23H24N4O3/c1-29-15-16-30-18-9-7-17(8-10-18)23(28)27-14-4-6-21(27)19-11-13-25-22(26-19)20-5-2-3-12-24-20/h2-3,5,7-13,21H,4,6,14-16H2,1H3/t21-/m1/s1. The van der Waals surface area contributed by atoms with Crippen LogP contribution in [0.25, 0.3) is 11.5 Å². The molecule has 0 unspecified atom stereocenters. The summed E-state index contributed by atoms with van der Waals surface area (Å²) in [5.74, 6) is 1.29. The Bertz CT molecular complexity index is 979. The topological polar surface area (TPSA) is 77.4 Å². The van der Waals surface area contributed by atoms with Crippen molar-refractivity contribution in [3.8, 4) is 17.3 Å². The average molecular weight is 404 g/mol. The van der Waals surface area contributed by atoms with Gasteiger partial charge in [0.25, 0.3) is 5.91 Å². The van der Waals surface area contributed by atoms with Gasteiger partial charge in [0, 0.05) is 31.6 Å². The maximum Gasteiger partial charge on any atom is 0.254 e. The number of aromatic nitrogens is 3. The summed E-state index contributed by atoms with van der Waals surface area (Å²) in [7, 11) is 1.63. The van der Waals surface area contributed by atoms with Gasteiger partial charge in [0.05, 0.1) is 18.3 Å². The van der Waals surface area contributed by atoms with Crippen molar-refractivity contribution in [1.29, 1.82) is 0 Å². The molecule has 0 bridgehead atoms. The first-order valence-corrected chi connectivity index (χ1v) is 10.0. The van der Waals surface area contributed by atoms with Crippen molar-refractivity contribution in [3.63, 3.8) is 0 Å². The molecule has 0 radical (unpaired) electrons. The van der Waals surface area contributed by atoms with Crippen molar-refractivity contribution in [2.24, 2.45) is 0 Å². The molecule has 30 heavy (non-hydrogen) atoms. The molecule has 0 aliphatic carbocycles. The molecule has 2 aromatic heterocycles. The fourth-order valence-electron chi connectivity index (χ4n) is 3.60. The van der Waals surface area contributed by atoms with Crippen LogP contribution in [0.5, 0.6) is 5.75 Å². The first-order chi connectivity index (χ1) is 14.8. The quantitative estimate of drug-likeness (QED) is 0.561. The molecule has 0 saturated carbocycles. The highest BCUT2D eigenvalue weighted by Gasteiger charge is 2.31. The van der Waals surface area contributed by atoms with E-state index < -0.39 is 0 Å². The van der Waals surface area contributed by atoms with Crippen LogP contribution >= 0.6 is 0 Å². The van der Waals surface area contributed by atoms with Gasteiger partial charge in [-0.2, -0.15) is 0 Å². The van der Waals surface area contributed by atoms with Gasteiger partial charge in [0.15, 0.2) is 5.82 Å². The molecule has 1 atom stereocenters.